The van der Waals surface area contributed by atoms with Crippen molar-refractivity contribution in [2.45, 2.75) is 0 Å². The van der Waals surface area contributed by atoms with E-state index in [1.165, 1.54) is 66.1 Å². The molecule has 9 rings (SSSR count). The van der Waals surface area contributed by atoms with Crippen LogP contribution in [0, 0.1) is 0 Å². The van der Waals surface area contributed by atoms with Crippen LogP contribution in [0.25, 0.3) is 88.6 Å². The summed E-state index contributed by atoms with van der Waals surface area (Å²) in [5.74, 6) is 0. The second-order valence-corrected chi connectivity index (χ2v) is 13.3. The van der Waals surface area contributed by atoms with Crippen LogP contribution in [-0.2, 0) is 0 Å². The van der Waals surface area contributed by atoms with Crippen molar-refractivity contribution in [2.24, 2.45) is 0 Å². The van der Waals surface area contributed by atoms with Crippen molar-refractivity contribution in [2.75, 3.05) is 0 Å². The van der Waals surface area contributed by atoms with Crippen molar-refractivity contribution in [3.05, 3.63) is 167 Å². The van der Waals surface area contributed by atoms with Gasteiger partial charge < -0.3 is 0 Å². The normalized spacial score (nSPS) is 11.3. The van der Waals surface area contributed by atoms with Crippen LogP contribution >= 0.6 is 22.7 Å². The fourth-order valence-electron chi connectivity index (χ4n) is 6.84. The summed E-state index contributed by atoms with van der Waals surface area (Å²) >= 11 is 3.25. The molecule has 2 nitrogen and oxygen atoms in total. The fourth-order valence-corrected chi connectivity index (χ4v) is 7.97. The number of fused-ring (bicyclic) bond motifs is 2. The van der Waals surface area contributed by atoms with Gasteiger partial charge in [0.05, 0.1) is 22.4 Å². The van der Waals surface area contributed by atoms with Crippen LogP contribution in [0.15, 0.2) is 167 Å². The molecule has 0 unspecified atom stereocenters. The second-order valence-electron chi connectivity index (χ2n) is 11.9. The maximum absolute atomic E-state index is 4.63. The molecular formula is C44H28N2S2. The summed E-state index contributed by atoms with van der Waals surface area (Å²) in [4.78, 5) is 9.24. The van der Waals surface area contributed by atoms with E-state index in [9.17, 15) is 0 Å². The van der Waals surface area contributed by atoms with Crippen LogP contribution in [-0.4, -0.2) is 9.97 Å². The van der Waals surface area contributed by atoms with E-state index < -0.39 is 0 Å². The van der Waals surface area contributed by atoms with E-state index in [1.807, 2.05) is 11.0 Å². The monoisotopic (exact) mass is 648 g/mol. The number of hydrogen-bond acceptors (Lipinski definition) is 4. The molecule has 0 aliphatic rings. The largest absolute Gasteiger partial charge is 0.245 e. The smallest absolute Gasteiger partial charge is 0.0811 e. The van der Waals surface area contributed by atoms with E-state index in [2.05, 4.69) is 166 Å². The topological polar surface area (TPSA) is 25.8 Å². The molecule has 0 saturated heterocycles. The third-order valence-corrected chi connectivity index (χ3v) is 10.3. The van der Waals surface area contributed by atoms with Crippen LogP contribution in [0.2, 0.25) is 0 Å². The molecule has 0 spiro atoms. The van der Waals surface area contributed by atoms with E-state index in [0.29, 0.717) is 0 Å². The quantitative estimate of drug-likeness (QED) is 0.168. The first-order chi connectivity index (χ1) is 23.8. The molecular weight excluding hydrogens is 621 g/mol. The number of thiazole rings is 2. The Morgan fingerprint density at radius 3 is 1.31 bits per heavy atom. The third kappa shape index (κ3) is 5.12. The van der Waals surface area contributed by atoms with Crippen molar-refractivity contribution in [3.63, 3.8) is 0 Å². The average molecular weight is 649 g/mol. The van der Waals surface area contributed by atoms with Crippen molar-refractivity contribution in [1.82, 2.24) is 9.97 Å². The van der Waals surface area contributed by atoms with Gasteiger partial charge in [0.1, 0.15) is 0 Å². The van der Waals surface area contributed by atoms with Crippen molar-refractivity contribution >= 4 is 44.2 Å². The van der Waals surface area contributed by atoms with Gasteiger partial charge in [-0.1, -0.05) is 127 Å². The maximum Gasteiger partial charge on any atom is 0.0811 e. The maximum atomic E-state index is 4.63. The van der Waals surface area contributed by atoms with Gasteiger partial charge in [0, 0.05) is 21.9 Å². The lowest BCUT2D eigenvalue weighted by Crippen LogP contribution is -1.92. The Balaban J connectivity index is 1.30. The zero-order valence-electron chi connectivity index (χ0n) is 25.9. The van der Waals surface area contributed by atoms with E-state index in [-0.39, 0.29) is 0 Å². The van der Waals surface area contributed by atoms with Crippen molar-refractivity contribution in [1.29, 1.82) is 0 Å². The van der Waals surface area contributed by atoms with Gasteiger partial charge >= 0.3 is 0 Å². The molecule has 0 atom stereocenters. The summed E-state index contributed by atoms with van der Waals surface area (Å²) in [6.07, 6.45) is 0. The van der Waals surface area contributed by atoms with Gasteiger partial charge in [0.15, 0.2) is 0 Å². The molecule has 9 aromatic rings. The Kier molecular flexibility index (Phi) is 7.23. The molecule has 0 amide bonds. The van der Waals surface area contributed by atoms with Crippen LogP contribution in [0.5, 0.6) is 0 Å². The van der Waals surface area contributed by atoms with E-state index in [0.717, 1.165) is 22.5 Å². The van der Waals surface area contributed by atoms with Crippen LogP contribution in [0.4, 0.5) is 0 Å². The minimum absolute atomic E-state index is 1.00. The van der Waals surface area contributed by atoms with Crippen molar-refractivity contribution < 1.29 is 0 Å². The van der Waals surface area contributed by atoms with Gasteiger partial charge in [-0.3, -0.25) is 0 Å². The van der Waals surface area contributed by atoms with Crippen LogP contribution < -0.4 is 0 Å². The fraction of sp³-hybridized carbons (Fsp3) is 0. The Morgan fingerprint density at radius 2 is 0.750 bits per heavy atom. The number of aromatic nitrogens is 2. The summed E-state index contributed by atoms with van der Waals surface area (Å²) in [6, 6.07) is 53.0. The molecule has 0 N–H and O–H groups in total. The molecule has 48 heavy (non-hydrogen) atoms. The molecule has 4 heteroatoms. The minimum Gasteiger partial charge on any atom is -0.245 e. The van der Waals surface area contributed by atoms with E-state index in [1.54, 1.807) is 22.7 Å². The molecule has 0 saturated carbocycles. The SMILES string of the molecule is c1ccc(-c2ccc(-c3ccc4c(-c5cccc(-c6cscn6)c5)c5ccccc5c(-c5cccc(-c6cscn6)c5)c4c3)cc2)cc1. The lowest BCUT2D eigenvalue weighted by molar-refractivity contribution is 1.41. The molecule has 2 heterocycles. The van der Waals surface area contributed by atoms with Gasteiger partial charge in [0.25, 0.3) is 0 Å². The first kappa shape index (κ1) is 28.5. The molecule has 0 fully saturated rings. The number of nitrogens with zero attached hydrogens (tertiary/aromatic N) is 2. The minimum atomic E-state index is 1.00. The van der Waals surface area contributed by atoms with Gasteiger partial charge in [0.2, 0.25) is 0 Å². The molecule has 2 aromatic heterocycles. The third-order valence-electron chi connectivity index (χ3n) is 9.11. The second kappa shape index (κ2) is 12.2. The summed E-state index contributed by atoms with van der Waals surface area (Å²) < 4.78 is 0. The molecule has 7 aromatic carbocycles. The number of rotatable bonds is 6. The first-order valence-corrected chi connectivity index (χ1v) is 17.8. The van der Waals surface area contributed by atoms with Gasteiger partial charge in [-0.15, -0.1) is 22.7 Å². The Hall–Kier alpha value is -5.68. The molecule has 0 aliphatic heterocycles. The highest BCUT2D eigenvalue weighted by Gasteiger charge is 2.19. The van der Waals surface area contributed by atoms with E-state index in [4.69, 9.17) is 0 Å². The zero-order chi connectivity index (χ0) is 31.9. The molecule has 0 aliphatic carbocycles. The zero-order valence-corrected chi connectivity index (χ0v) is 27.5. The predicted octanol–water partition coefficient (Wildman–Crippen LogP) is 12.9. The summed E-state index contributed by atoms with van der Waals surface area (Å²) in [5, 5.41) is 9.14. The van der Waals surface area contributed by atoms with E-state index >= 15 is 0 Å². The lowest BCUT2D eigenvalue weighted by atomic mass is 9.84. The standard InChI is InChI=1S/C44H28N2S2/c1-2-8-29(9-3-1)30-16-18-31(19-17-30)32-20-21-39-40(24-32)44(36-13-7-11-34(23-36)42-26-48-28-46-42)38-15-5-4-14-37(38)43(39)35-12-6-10-33(22-35)41-25-47-27-45-41/h1-28H. The first-order valence-electron chi connectivity index (χ1n) is 15.9. The van der Waals surface area contributed by atoms with Crippen molar-refractivity contribution in [3.8, 4) is 67.0 Å². The average Bonchev–Trinajstić information content (AvgIpc) is 3.90. The number of benzene rings is 7. The highest BCUT2D eigenvalue weighted by Crippen LogP contribution is 2.46. The molecule has 0 bridgehead atoms. The Morgan fingerprint density at radius 1 is 0.312 bits per heavy atom. The van der Waals surface area contributed by atoms with Crippen LogP contribution in [0.3, 0.4) is 0 Å². The Labute approximate surface area is 287 Å². The molecule has 226 valence electrons. The summed E-state index contributed by atoms with van der Waals surface area (Å²) in [6.45, 7) is 0. The highest BCUT2D eigenvalue weighted by molar-refractivity contribution is 7.08. The van der Waals surface area contributed by atoms with Crippen LogP contribution in [0.1, 0.15) is 0 Å². The van der Waals surface area contributed by atoms with Gasteiger partial charge in [-0.25, -0.2) is 9.97 Å². The molecule has 0 radical (unpaired) electrons. The number of hydrogen-bond donors (Lipinski definition) is 0. The van der Waals surface area contributed by atoms with Gasteiger partial charge in [-0.05, 0) is 84.3 Å². The lowest BCUT2D eigenvalue weighted by Gasteiger charge is -2.19. The summed E-state index contributed by atoms with van der Waals surface area (Å²) in [7, 11) is 0. The van der Waals surface area contributed by atoms with Gasteiger partial charge in [-0.2, -0.15) is 0 Å². The summed E-state index contributed by atoms with van der Waals surface area (Å²) in [5.41, 5.74) is 17.7. The predicted molar refractivity (Wildman–Crippen MR) is 205 cm³/mol. The Bertz CT molecular complexity index is 2530. The highest BCUT2D eigenvalue weighted by atomic mass is 32.1.